The molecule has 2 aromatic rings. The molecule has 0 aliphatic carbocycles. The van der Waals surface area contributed by atoms with Gasteiger partial charge < -0.3 is 14.4 Å². The summed E-state index contributed by atoms with van der Waals surface area (Å²) < 4.78 is 25.0. The topological polar surface area (TPSA) is 84.9 Å². The van der Waals surface area contributed by atoms with Gasteiger partial charge in [-0.2, -0.15) is 0 Å². The Balaban J connectivity index is 1.42. The molecule has 0 spiro atoms. The summed E-state index contributed by atoms with van der Waals surface area (Å²) in [7, 11) is 1.70. The fraction of sp³-hybridized carbons (Fsp3) is 0.190. The van der Waals surface area contributed by atoms with Gasteiger partial charge in [0.15, 0.2) is 11.6 Å². The van der Waals surface area contributed by atoms with Gasteiger partial charge >= 0.3 is 6.09 Å². The van der Waals surface area contributed by atoms with Gasteiger partial charge in [0.1, 0.15) is 12.4 Å². The number of cyclic esters (lactones) is 1. The molecule has 0 saturated carbocycles. The molecule has 2 fully saturated rings. The van der Waals surface area contributed by atoms with Crippen LogP contribution in [0.15, 0.2) is 47.4 Å². The Morgan fingerprint density at radius 2 is 2.00 bits per heavy atom. The second-order valence-corrected chi connectivity index (χ2v) is 7.85. The monoisotopic (exact) mass is 428 g/mol. The van der Waals surface area contributed by atoms with Crippen LogP contribution in [-0.4, -0.2) is 41.8 Å². The number of thioether (sulfide) groups is 1. The number of nitrogens with zero attached hydrogens (tertiary/aromatic N) is 1. The van der Waals surface area contributed by atoms with E-state index in [9.17, 15) is 18.8 Å². The summed E-state index contributed by atoms with van der Waals surface area (Å²) >= 11 is 0.772. The molecular formula is C21H17FN2O5S. The van der Waals surface area contributed by atoms with E-state index in [0.717, 1.165) is 17.3 Å². The first-order valence-electron chi connectivity index (χ1n) is 9.10. The number of benzene rings is 2. The lowest BCUT2D eigenvalue weighted by molar-refractivity contribution is -0.115. The SMILES string of the molecule is CN1C(=O)OCC1Cc1ccc(Oc2ccc(/C=C3/SC(=O)NC3=O)cc2F)cc1. The molecule has 7 nitrogen and oxygen atoms in total. The van der Waals surface area contributed by atoms with Crippen LogP contribution in [0, 0.1) is 5.82 Å². The molecule has 2 aliphatic heterocycles. The van der Waals surface area contributed by atoms with Crippen molar-refractivity contribution < 1.29 is 28.2 Å². The zero-order valence-corrected chi connectivity index (χ0v) is 16.7. The fourth-order valence-electron chi connectivity index (χ4n) is 3.08. The van der Waals surface area contributed by atoms with E-state index in [2.05, 4.69) is 5.32 Å². The van der Waals surface area contributed by atoms with Crippen molar-refractivity contribution in [2.24, 2.45) is 0 Å². The molecule has 3 amide bonds. The lowest BCUT2D eigenvalue weighted by Crippen LogP contribution is -2.30. The predicted octanol–water partition coefficient (Wildman–Crippen LogP) is 3.94. The molecule has 2 aromatic carbocycles. The van der Waals surface area contributed by atoms with E-state index in [-0.39, 0.29) is 22.8 Å². The van der Waals surface area contributed by atoms with Crippen molar-refractivity contribution in [2.75, 3.05) is 13.7 Å². The third-order valence-corrected chi connectivity index (χ3v) is 5.56. The normalized spacial score (nSPS) is 19.9. The quantitative estimate of drug-likeness (QED) is 0.727. The highest BCUT2D eigenvalue weighted by Gasteiger charge is 2.29. The fourth-order valence-corrected chi connectivity index (χ4v) is 3.76. The van der Waals surface area contributed by atoms with E-state index >= 15 is 0 Å². The maximum absolute atomic E-state index is 14.4. The summed E-state index contributed by atoms with van der Waals surface area (Å²) in [6.45, 7) is 0.357. The first-order chi connectivity index (χ1) is 14.4. The van der Waals surface area contributed by atoms with Crippen molar-refractivity contribution in [1.82, 2.24) is 10.2 Å². The smallest absolute Gasteiger partial charge is 0.409 e. The van der Waals surface area contributed by atoms with Crippen molar-refractivity contribution >= 4 is 35.1 Å². The molecule has 1 unspecified atom stereocenters. The van der Waals surface area contributed by atoms with Crippen LogP contribution >= 0.6 is 11.8 Å². The summed E-state index contributed by atoms with van der Waals surface area (Å²) in [6, 6.07) is 11.5. The minimum atomic E-state index is -0.591. The van der Waals surface area contributed by atoms with Gasteiger partial charge in [0, 0.05) is 7.05 Å². The molecule has 2 saturated heterocycles. The van der Waals surface area contributed by atoms with Gasteiger partial charge in [0.25, 0.3) is 11.1 Å². The van der Waals surface area contributed by atoms with Gasteiger partial charge in [-0.1, -0.05) is 18.2 Å². The van der Waals surface area contributed by atoms with Crippen molar-refractivity contribution in [1.29, 1.82) is 0 Å². The molecule has 1 atom stereocenters. The highest BCUT2D eigenvalue weighted by Crippen LogP contribution is 2.29. The van der Waals surface area contributed by atoms with Gasteiger partial charge in [-0.3, -0.25) is 14.9 Å². The summed E-state index contributed by atoms with van der Waals surface area (Å²) in [5.41, 5.74) is 1.45. The molecule has 30 heavy (non-hydrogen) atoms. The van der Waals surface area contributed by atoms with E-state index in [0.29, 0.717) is 24.3 Å². The molecule has 0 aromatic heterocycles. The van der Waals surface area contributed by atoms with Crippen LogP contribution in [0.2, 0.25) is 0 Å². The zero-order valence-electron chi connectivity index (χ0n) is 15.9. The molecule has 4 rings (SSSR count). The summed E-state index contributed by atoms with van der Waals surface area (Å²) in [5, 5.41) is 1.70. The first-order valence-corrected chi connectivity index (χ1v) is 9.91. The van der Waals surface area contributed by atoms with E-state index in [4.69, 9.17) is 9.47 Å². The molecule has 0 radical (unpaired) electrons. The largest absolute Gasteiger partial charge is 0.454 e. The average molecular weight is 428 g/mol. The van der Waals surface area contributed by atoms with Crippen LogP contribution in [0.3, 0.4) is 0 Å². The molecule has 1 N–H and O–H groups in total. The van der Waals surface area contributed by atoms with Crippen LogP contribution < -0.4 is 10.1 Å². The molecule has 2 heterocycles. The molecule has 9 heteroatoms. The van der Waals surface area contributed by atoms with E-state index < -0.39 is 17.0 Å². The summed E-state index contributed by atoms with van der Waals surface area (Å²) in [6.07, 6.45) is 1.77. The van der Waals surface area contributed by atoms with Gasteiger partial charge in [0.05, 0.1) is 10.9 Å². The van der Waals surface area contributed by atoms with Crippen LogP contribution in [0.5, 0.6) is 11.5 Å². The van der Waals surface area contributed by atoms with Crippen molar-refractivity contribution in [3.63, 3.8) is 0 Å². The van der Waals surface area contributed by atoms with Crippen molar-refractivity contribution in [2.45, 2.75) is 12.5 Å². The molecule has 2 aliphatic rings. The van der Waals surface area contributed by atoms with Gasteiger partial charge in [-0.25, -0.2) is 9.18 Å². The number of imide groups is 1. The second kappa shape index (κ2) is 8.19. The molecule has 0 bridgehead atoms. The Hall–Kier alpha value is -3.33. The first kappa shape index (κ1) is 20.0. The van der Waals surface area contributed by atoms with Crippen LogP contribution in [0.1, 0.15) is 11.1 Å². The number of carbonyl (C=O) groups excluding carboxylic acids is 3. The number of rotatable bonds is 5. The Labute approximate surface area is 175 Å². The number of carbonyl (C=O) groups is 3. The van der Waals surface area contributed by atoms with Crippen LogP contribution in [0.25, 0.3) is 6.08 Å². The van der Waals surface area contributed by atoms with Crippen LogP contribution in [0.4, 0.5) is 14.0 Å². The maximum atomic E-state index is 14.4. The predicted molar refractivity (Wildman–Crippen MR) is 109 cm³/mol. The minimum absolute atomic E-state index is 0.0150. The Kier molecular flexibility index (Phi) is 5.45. The molecule has 154 valence electrons. The van der Waals surface area contributed by atoms with Gasteiger partial charge in [-0.15, -0.1) is 0 Å². The highest BCUT2D eigenvalue weighted by atomic mass is 32.2. The summed E-state index contributed by atoms with van der Waals surface area (Å²) in [4.78, 5) is 36.0. The third-order valence-electron chi connectivity index (χ3n) is 4.75. The number of amides is 3. The number of halogens is 1. The Morgan fingerprint density at radius 3 is 2.60 bits per heavy atom. The Morgan fingerprint density at radius 1 is 1.23 bits per heavy atom. The van der Waals surface area contributed by atoms with E-state index in [1.165, 1.54) is 18.2 Å². The number of hydrogen-bond acceptors (Lipinski definition) is 6. The lowest BCUT2D eigenvalue weighted by Gasteiger charge is -2.16. The summed E-state index contributed by atoms with van der Waals surface area (Å²) in [5.74, 6) is -0.580. The third kappa shape index (κ3) is 4.30. The number of ether oxygens (including phenoxy) is 2. The number of likely N-dealkylation sites (N-methyl/N-ethyl adjacent to an activating group) is 1. The minimum Gasteiger partial charge on any atom is -0.454 e. The number of hydrogen-bond donors (Lipinski definition) is 1. The van der Waals surface area contributed by atoms with Crippen molar-refractivity contribution in [3.05, 3.63) is 64.3 Å². The van der Waals surface area contributed by atoms with E-state index in [1.807, 2.05) is 12.1 Å². The maximum Gasteiger partial charge on any atom is 0.409 e. The standard InChI is InChI=1S/C21H17FN2O5S/c1-24-14(11-28-21(24)27)8-12-2-5-15(6-3-12)29-17-7-4-13(9-16(17)22)10-18-19(25)23-20(26)30-18/h2-7,9-10,14H,8,11H2,1H3,(H,23,25,26)/b18-10+. The Bertz CT molecular complexity index is 1050. The highest BCUT2D eigenvalue weighted by molar-refractivity contribution is 8.18. The van der Waals surface area contributed by atoms with Gasteiger partial charge in [-0.05, 0) is 59.7 Å². The second-order valence-electron chi connectivity index (χ2n) is 6.83. The lowest BCUT2D eigenvalue weighted by atomic mass is 10.1. The van der Waals surface area contributed by atoms with Crippen LogP contribution in [-0.2, 0) is 16.0 Å². The number of nitrogens with one attached hydrogen (secondary N) is 1. The average Bonchev–Trinajstić information content (AvgIpc) is 3.20. The van der Waals surface area contributed by atoms with E-state index in [1.54, 1.807) is 30.1 Å². The van der Waals surface area contributed by atoms with Gasteiger partial charge in [0.2, 0.25) is 0 Å². The van der Waals surface area contributed by atoms with Crippen molar-refractivity contribution in [3.8, 4) is 11.5 Å². The molecular weight excluding hydrogens is 411 g/mol. The zero-order chi connectivity index (χ0) is 21.3.